The highest BCUT2D eigenvalue weighted by molar-refractivity contribution is 5.71. The van der Waals surface area contributed by atoms with Gasteiger partial charge in [-0.3, -0.25) is 14.4 Å². The zero-order valence-corrected chi connectivity index (χ0v) is 49.7. The minimum atomic E-state index is -0.767. The van der Waals surface area contributed by atoms with Gasteiger partial charge in [0.15, 0.2) is 6.10 Å². The predicted octanol–water partition coefficient (Wildman–Crippen LogP) is 22.4. The zero-order valence-electron chi connectivity index (χ0n) is 49.7. The fourth-order valence-corrected chi connectivity index (χ4v) is 10.3. The third-order valence-electron chi connectivity index (χ3n) is 15.3. The molecule has 0 unspecified atom stereocenters. The van der Waals surface area contributed by atoms with Gasteiger partial charge in [-0.25, -0.2) is 0 Å². The van der Waals surface area contributed by atoms with Crippen molar-refractivity contribution in [2.75, 3.05) is 13.2 Å². The second-order valence-electron chi connectivity index (χ2n) is 22.7. The van der Waals surface area contributed by atoms with Gasteiger partial charge >= 0.3 is 17.9 Å². The van der Waals surface area contributed by atoms with Gasteiger partial charge in [-0.15, -0.1) is 0 Å². The summed E-state index contributed by atoms with van der Waals surface area (Å²) in [6.45, 7) is 6.72. The minimum absolute atomic E-state index is 0.0639. The van der Waals surface area contributed by atoms with Crippen molar-refractivity contribution < 1.29 is 28.6 Å². The van der Waals surface area contributed by atoms with Gasteiger partial charge in [-0.2, -0.15) is 0 Å². The minimum Gasteiger partial charge on any atom is -0.462 e. The summed E-state index contributed by atoms with van der Waals surface area (Å²) in [4.78, 5) is 38.3. The molecule has 432 valence electrons. The molecule has 73 heavy (non-hydrogen) atoms. The van der Waals surface area contributed by atoms with Crippen LogP contribution in [0.5, 0.6) is 0 Å². The van der Waals surface area contributed by atoms with Gasteiger partial charge in [-0.1, -0.05) is 328 Å². The fourth-order valence-electron chi connectivity index (χ4n) is 10.3. The summed E-state index contributed by atoms with van der Waals surface area (Å²) in [6.07, 6.45) is 73.6. The van der Waals surface area contributed by atoms with E-state index in [1.165, 1.54) is 283 Å². The SMILES string of the molecule is CCCCCCCC/C=C\CCCCCCCCCCCC(=O)O[C@@H](COC(=O)CCCCCCCCCCCCCCCCC)COC(=O)CCCCCCCCCCCCCCCCCCCCCCC. The molecule has 0 N–H and O–H groups in total. The Bertz CT molecular complexity index is 1130. The van der Waals surface area contributed by atoms with Crippen molar-refractivity contribution in [2.45, 2.75) is 386 Å². The Balaban J connectivity index is 4.28. The van der Waals surface area contributed by atoms with Crippen molar-refractivity contribution in [3.8, 4) is 0 Å². The van der Waals surface area contributed by atoms with Crippen LogP contribution in [-0.2, 0) is 28.6 Å². The average Bonchev–Trinajstić information content (AvgIpc) is 3.39. The van der Waals surface area contributed by atoms with Crippen LogP contribution in [0, 0.1) is 0 Å². The summed E-state index contributed by atoms with van der Waals surface area (Å²) >= 11 is 0. The summed E-state index contributed by atoms with van der Waals surface area (Å²) < 4.78 is 17.0. The zero-order chi connectivity index (χ0) is 52.9. The van der Waals surface area contributed by atoms with Crippen molar-refractivity contribution in [2.24, 2.45) is 0 Å². The molecule has 0 fully saturated rings. The lowest BCUT2D eigenvalue weighted by molar-refractivity contribution is -0.167. The van der Waals surface area contributed by atoms with E-state index in [1.54, 1.807) is 0 Å². The van der Waals surface area contributed by atoms with E-state index in [4.69, 9.17) is 14.2 Å². The largest absolute Gasteiger partial charge is 0.462 e. The van der Waals surface area contributed by atoms with Crippen LogP contribution in [-0.4, -0.2) is 37.2 Å². The van der Waals surface area contributed by atoms with Crippen molar-refractivity contribution in [3.63, 3.8) is 0 Å². The lowest BCUT2D eigenvalue weighted by Gasteiger charge is -2.18. The third kappa shape index (κ3) is 60.9. The van der Waals surface area contributed by atoms with Gasteiger partial charge in [-0.05, 0) is 44.9 Å². The normalized spacial score (nSPS) is 12.0. The average molecular weight is 1030 g/mol. The Kier molecular flexibility index (Phi) is 61.1. The lowest BCUT2D eigenvalue weighted by Crippen LogP contribution is -2.30. The van der Waals surface area contributed by atoms with E-state index in [2.05, 4.69) is 32.9 Å². The summed E-state index contributed by atoms with van der Waals surface area (Å²) in [5.74, 6) is -0.833. The lowest BCUT2D eigenvalue weighted by atomic mass is 10.0. The maximum atomic E-state index is 12.9. The number of ether oxygens (including phenoxy) is 3. The van der Waals surface area contributed by atoms with Crippen LogP contribution in [0.3, 0.4) is 0 Å². The van der Waals surface area contributed by atoms with Crippen LogP contribution in [0.4, 0.5) is 0 Å². The van der Waals surface area contributed by atoms with Crippen LogP contribution in [0.2, 0.25) is 0 Å². The Morgan fingerprint density at radius 3 is 0.685 bits per heavy atom. The number of rotatable bonds is 62. The monoisotopic (exact) mass is 1030 g/mol. The molecule has 0 amide bonds. The standard InChI is InChI=1S/C67H128O6/c1-4-7-10-13-16-19-22-25-28-30-32-33-35-36-39-42-45-48-51-54-57-60-66(69)72-63-64(62-71-65(68)59-56-53-50-47-44-41-38-27-24-21-18-15-12-9-6-3)73-67(70)61-58-55-52-49-46-43-40-37-34-31-29-26-23-20-17-14-11-8-5-2/h26,29,64H,4-25,27-28,30-63H2,1-3H3/b29-26-/t64-/m0/s1. The smallest absolute Gasteiger partial charge is 0.306 e. The first kappa shape index (κ1) is 71.2. The molecular formula is C67H128O6. The molecule has 6 nitrogen and oxygen atoms in total. The molecule has 0 aromatic heterocycles. The summed E-state index contributed by atoms with van der Waals surface area (Å²) in [5, 5.41) is 0. The molecule has 0 radical (unpaired) electrons. The molecular weight excluding hydrogens is 901 g/mol. The van der Waals surface area contributed by atoms with E-state index in [-0.39, 0.29) is 31.1 Å². The first-order chi connectivity index (χ1) is 36.0. The quantitative estimate of drug-likeness (QED) is 0.0261. The highest BCUT2D eigenvalue weighted by Gasteiger charge is 2.19. The highest BCUT2D eigenvalue weighted by atomic mass is 16.6. The molecule has 0 rings (SSSR count). The Morgan fingerprint density at radius 1 is 0.260 bits per heavy atom. The number of allylic oxidation sites excluding steroid dienone is 2. The number of hydrogen-bond acceptors (Lipinski definition) is 6. The van der Waals surface area contributed by atoms with Gasteiger partial charge < -0.3 is 14.2 Å². The van der Waals surface area contributed by atoms with E-state index in [1.807, 2.05) is 0 Å². The number of esters is 3. The first-order valence-electron chi connectivity index (χ1n) is 33.2. The fraction of sp³-hybridized carbons (Fsp3) is 0.925. The van der Waals surface area contributed by atoms with Crippen LogP contribution in [0.25, 0.3) is 0 Å². The molecule has 0 bridgehead atoms. The van der Waals surface area contributed by atoms with Crippen molar-refractivity contribution in [1.29, 1.82) is 0 Å². The van der Waals surface area contributed by atoms with Crippen molar-refractivity contribution in [3.05, 3.63) is 12.2 Å². The van der Waals surface area contributed by atoms with Crippen molar-refractivity contribution >= 4 is 17.9 Å². The molecule has 0 aliphatic carbocycles. The second kappa shape index (κ2) is 62.7. The number of hydrogen-bond donors (Lipinski definition) is 0. The van der Waals surface area contributed by atoms with Crippen LogP contribution in [0.15, 0.2) is 12.2 Å². The summed E-state index contributed by atoms with van der Waals surface area (Å²) in [7, 11) is 0. The molecule has 0 saturated carbocycles. The van der Waals surface area contributed by atoms with Crippen LogP contribution in [0.1, 0.15) is 380 Å². The second-order valence-corrected chi connectivity index (χ2v) is 22.7. The van der Waals surface area contributed by atoms with E-state index in [0.29, 0.717) is 19.3 Å². The van der Waals surface area contributed by atoms with Gasteiger partial charge in [0.1, 0.15) is 13.2 Å². The van der Waals surface area contributed by atoms with E-state index in [9.17, 15) is 14.4 Å². The van der Waals surface area contributed by atoms with Crippen LogP contribution < -0.4 is 0 Å². The third-order valence-corrected chi connectivity index (χ3v) is 15.3. The van der Waals surface area contributed by atoms with Gasteiger partial charge in [0.2, 0.25) is 0 Å². The summed E-state index contributed by atoms with van der Waals surface area (Å²) in [5.41, 5.74) is 0. The van der Waals surface area contributed by atoms with Gasteiger partial charge in [0.05, 0.1) is 0 Å². The first-order valence-corrected chi connectivity index (χ1v) is 33.2. The Hall–Kier alpha value is -1.85. The molecule has 0 aromatic carbocycles. The Morgan fingerprint density at radius 2 is 0.452 bits per heavy atom. The molecule has 0 aliphatic rings. The van der Waals surface area contributed by atoms with Gasteiger partial charge in [0, 0.05) is 19.3 Å². The van der Waals surface area contributed by atoms with Crippen LogP contribution >= 0.6 is 0 Å². The highest BCUT2D eigenvalue weighted by Crippen LogP contribution is 2.18. The molecule has 1 atom stereocenters. The van der Waals surface area contributed by atoms with E-state index < -0.39 is 6.10 Å². The maximum absolute atomic E-state index is 12.9. The van der Waals surface area contributed by atoms with Gasteiger partial charge in [0.25, 0.3) is 0 Å². The molecule has 6 heteroatoms. The summed E-state index contributed by atoms with van der Waals surface area (Å²) in [6, 6.07) is 0. The molecule has 0 aliphatic heterocycles. The number of carbonyl (C=O) groups excluding carboxylic acids is 3. The number of unbranched alkanes of at least 4 members (excludes halogenated alkanes) is 49. The van der Waals surface area contributed by atoms with Crippen molar-refractivity contribution in [1.82, 2.24) is 0 Å². The maximum Gasteiger partial charge on any atom is 0.306 e. The Labute approximate surface area is 456 Å². The predicted molar refractivity (Wildman–Crippen MR) is 317 cm³/mol. The topological polar surface area (TPSA) is 78.9 Å². The molecule has 0 aromatic rings. The number of carbonyl (C=O) groups is 3. The molecule has 0 spiro atoms. The van der Waals surface area contributed by atoms with E-state index >= 15 is 0 Å². The molecule has 0 saturated heterocycles. The van der Waals surface area contributed by atoms with E-state index in [0.717, 1.165) is 57.8 Å². The molecule has 0 heterocycles.